The van der Waals surface area contributed by atoms with Crippen LogP contribution in [0.25, 0.3) is 0 Å². The first kappa shape index (κ1) is 22.6. The van der Waals surface area contributed by atoms with E-state index in [1.807, 2.05) is 29.2 Å². The van der Waals surface area contributed by atoms with Gasteiger partial charge in [-0.1, -0.05) is 38.5 Å². The van der Waals surface area contributed by atoms with Crippen LogP contribution in [0, 0.1) is 5.92 Å². The van der Waals surface area contributed by atoms with Crippen molar-refractivity contribution in [2.75, 3.05) is 33.3 Å². The van der Waals surface area contributed by atoms with Crippen molar-refractivity contribution in [2.24, 2.45) is 5.92 Å². The Hall–Kier alpha value is -2.08. The number of nitrogens with zero attached hydrogens (tertiary/aromatic N) is 2. The molecule has 0 aliphatic carbocycles. The molecule has 0 radical (unpaired) electrons. The third kappa shape index (κ3) is 4.97. The molecule has 6 nitrogen and oxygen atoms in total. The summed E-state index contributed by atoms with van der Waals surface area (Å²) in [4.78, 5) is 30.6. The molecule has 3 unspecified atom stereocenters. The molecule has 2 aliphatic rings. The molecule has 0 bridgehead atoms. The van der Waals surface area contributed by atoms with Crippen LogP contribution < -0.4 is 10.1 Å². The second kappa shape index (κ2) is 10.8. The maximum atomic E-state index is 13.4. The van der Waals surface area contributed by atoms with Crippen molar-refractivity contribution in [3.63, 3.8) is 0 Å². The summed E-state index contributed by atoms with van der Waals surface area (Å²) < 4.78 is 5.61. The van der Waals surface area contributed by atoms with E-state index in [0.29, 0.717) is 32.0 Å². The fraction of sp³-hybridized carbons (Fsp3) is 0.667. The Kier molecular flexibility index (Phi) is 8.14. The van der Waals surface area contributed by atoms with E-state index in [1.54, 1.807) is 7.11 Å². The second-order valence-corrected chi connectivity index (χ2v) is 8.44. The molecule has 1 aromatic rings. The first-order valence-corrected chi connectivity index (χ1v) is 11.5. The van der Waals surface area contributed by atoms with Gasteiger partial charge in [0.05, 0.1) is 19.1 Å². The van der Waals surface area contributed by atoms with Crippen LogP contribution in [0.1, 0.15) is 64.0 Å². The summed E-state index contributed by atoms with van der Waals surface area (Å²) in [6.45, 7) is 7.80. The normalized spacial score (nSPS) is 24.8. The Morgan fingerprint density at radius 2 is 2.03 bits per heavy atom. The van der Waals surface area contributed by atoms with Gasteiger partial charge in [0.2, 0.25) is 11.8 Å². The van der Waals surface area contributed by atoms with Crippen LogP contribution in [0.5, 0.6) is 5.75 Å². The molecule has 2 aliphatic heterocycles. The number of ether oxygens (including phenoxy) is 1. The van der Waals surface area contributed by atoms with E-state index in [2.05, 4.69) is 24.1 Å². The average Bonchev–Trinajstić information content (AvgIpc) is 3.24. The van der Waals surface area contributed by atoms with Gasteiger partial charge in [0.15, 0.2) is 0 Å². The van der Waals surface area contributed by atoms with E-state index >= 15 is 0 Å². The number of likely N-dealkylation sites (tertiary alicyclic amines) is 2. The highest BCUT2D eigenvalue weighted by molar-refractivity contribution is 5.85. The zero-order valence-corrected chi connectivity index (χ0v) is 18.7. The maximum absolute atomic E-state index is 13.4. The molecule has 0 saturated carbocycles. The van der Waals surface area contributed by atoms with Crippen molar-refractivity contribution in [1.82, 2.24) is 15.1 Å². The third-order valence-electron chi connectivity index (χ3n) is 6.67. The minimum absolute atomic E-state index is 0.0582. The predicted octanol–water partition coefficient (Wildman–Crippen LogP) is 3.38. The molecule has 0 spiro atoms. The molecule has 166 valence electrons. The second-order valence-electron chi connectivity index (χ2n) is 8.44. The van der Waals surface area contributed by atoms with Crippen molar-refractivity contribution in [3.05, 3.63) is 29.8 Å². The number of para-hydroxylation sites is 1. The number of benzene rings is 1. The van der Waals surface area contributed by atoms with Crippen LogP contribution in [0.2, 0.25) is 0 Å². The summed E-state index contributed by atoms with van der Waals surface area (Å²) in [6.07, 6.45) is 5.28. The van der Waals surface area contributed by atoms with Gasteiger partial charge in [-0.3, -0.25) is 14.5 Å². The van der Waals surface area contributed by atoms with Crippen molar-refractivity contribution in [3.8, 4) is 5.75 Å². The Morgan fingerprint density at radius 3 is 2.77 bits per heavy atom. The van der Waals surface area contributed by atoms with Crippen LogP contribution in [0.3, 0.4) is 0 Å². The van der Waals surface area contributed by atoms with Crippen molar-refractivity contribution < 1.29 is 14.3 Å². The van der Waals surface area contributed by atoms with E-state index < -0.39 is 0 Å². The van der Waals surface area contributed by atoms with Gasteiger partial charge < -0.3 is 15.0 Å². The molecule has 1 N–H and O–H groups in total. The third-order valence-corrected chi connectivity index (χ3v) is 6.67. The zero-order chi connectivity index (χ0) is 21.5. The minimum atomic E-state index is -0.278. The number of hydrogen-bond donors (Lipinski definition) is 1. The van der Waals surface area contributed by atoms with Crippen molar-refractivity contribution >= 4 is 11.8 Å². The number of carbonyl (C=O) groups is 2. The molecule has 2 fully saturated rings. The van der Waals surface area contributed by atoms with Crippen LogP contribution in [-0.2, 0) is 9.59 Å². The first-order valence-electron chi connectivity index (χ1n) is 11.5. The molecule has 2 saturated heterocycles. The van der Waals surface area contributed by atoms with Crippen LogP contribution >= 0.6 is 0 Å². The molecule has 3 rings (SSSR count). The molecular formula is C24H37N3O3. The van der Waals surface area contributed by atoms with Gasteiger partial charge in [-0.15, -0.1) is 0 Å². The van der Waals surface area contributed by atoms with E-state index in [0.717, 1.165) is 43.7 Å². The maximum Gasteiger partial charge on any atom is 0.225 e. The molecular weight excluding hydrogens is 378 g/mol. The highest BCUT2D eigenvalue weighted by Crippen LogP contribution is 2.40. The Bertz CT molecular complexity index is 723. The van der Waals surface area contributed by atoms with E-state index in [4.69, 9.17) is 4.74 Å². The van der Waals surface area contributed by atoms with Crippen molar-refractivity contribution in [2.45, 2.75) is 64.5 Å². The molecule has 3 atom stereocenters. The Morgan fingerprint density at radius 1 is 1.23 bits per heavy atom. The zero-order valence-electron chi connectivity index (χ0n) is 18.7. The summed E-state index contributed by atoms with van der Waals surface area (Å²) in [5, 5.41) is 3.23. The van der Waals surface area contributed by atoms with E-state index in [9.17, 15) is 9.59 Å². The lowest BCUT2D eigenvalue weighted by atomic mass is 9.83. The summed E-state index contributed by atoms with van der Waals surface area (Å²) in [7, 11) is 1.65. The van der Waals surface area contributed by atoms with Gasteiger partial charge in [0, 0.05) is 31.1 Å². The smallest absolute Gasteiger partial charge is 0.225 e. The van der Waals surface area contributed by atoms with Gasteiger partial charge in [-0.2, -0.15) is 0 Å². The summed E-state index contributed by atoms with van der Waals surface area (Å²) in [5.74, 6) is 0.677. The first-order chi connectivity index (χ1) is 14.6. The average molecular weight is 416 g/mol. The summed E-state index contributed by atoms with van der Waals surface area (Å²) >= 11 is 0. The molecule has 6 heteroatoms. The number of amides is 2. The molecule has 1 aromatic carbocycles. The van der Waals surface area contributed by atoms with E-state index in [-0.39, 0.29) is 23.8 Å². The highest BCUT2D eigenvalue weighted by Gasteiger charge is 2.41. The molecule has 0 aromatic heterocycles. The number of likely N-dealkylation sites (N-methyl/N-ethyl adjacent to an activating group) is 1. The lowest BCUT2D eigenvalue weighted by Gasteiger charge is -2.41. The number of hydrogen-bond acceptors (Lipinski definition) is 4. The number of rotatable bonds is 9. The minimum Gasteiger partial charge on any atom is -0.496 e. The molecule has 2 heterocycles. The molecule has 30 heavy (non-hydrogen) atoms. The highest BCUT2D eigenvalue weighted by atomic mass is 16.5. The largest absolute Gasteiger partial charge is 0.496 e. The van der Waals surface area contributed by atoms with Gasteiger partial charge in [-0.25, -0.2) is 0 Å². The van der Waals surface area contributed by atoms with Gasteiger partial charge in [0.1, 0.15) is 5.75 Å². The van der Waals surface area contributed by atoms with Crippen molar-refractivity contribution in [1.29, 1.82) is 0 Å². The van der Waals surface area contributed by atoms with Gasteiger partial charge in [-0.05, 0) is 44.8 Å². The lowest BCUT2D eigenvalue weighted by molar-refractivity contribution is -0.143. The van der Waals surface area contributed by atoms with E-state index in [1.165, 1.54) is 6.42 Å². The quantitative estimate of drug-likeness (QED) is 0.672. The van der Waals surface area contributed by atoms with Gasteiger partial charge in [0.25, 0.3) is 0 Å². The fourth-order valence-corrected chi connectivity index (χ4v) is 5.01. The topological polar surface area (TPSA) is 61.9 Å². The van der Waals surface area contributed by atoms with Crippen LogP contribution in [0.4, 0.5) is 0 Å². The standard InChI is InChI=1S/C24H37N3O3/c1-4-6-16-27-22(28)14-13-20(23(27)19-11-7-8-12-21(19)30-3)24(29)25-17-18-10-9-15-26(18)5-2/h7-8,11-12,18,20,23H,4-6,9-10,13-17H2,1-3H3,(H,25,29). The Labute approximate surface area is 180 Å². The number of piperidine rings is 1. The number of methoxy groups -OCH3 is 1. The Balaban J connectivity index is 1.82. The molecule has 2 amide bonds. The van der Waals surface area contributed by atoms with Crippen LogP contribution in [-0.4, -0.2) is 60.9 Å². The number of carbonyl (C=O) groups excluding carboxylic acids is 2. The number of nitrogens with one attached hydrogen (secondary N) is 1. The van der Waals surface area contributed by atoms with Gasteiger partial charge >= 0.3 is 0 Å². The lowest BCUT2D eigenvalue weighted by Crippen LogP contribution is -2.50. The summed E-state index contributed by atoms with van der Waals surface area (Å²) in [6, 6.07) is 7.94. The fourth-order valence-electron chi connectivity index (χ4n) is 5.01. The summed E-state index contributed by atoms with van der Waals surface area (Å²) in [5.41, 5.74) is 0.931. The SMILES string of the molecule is CCCCN1C(=O)CCC(C(=O)NCC2CCCN2CC)C1c1ccccc1OC. The van der Waals surface area contributed by atoms with Crippen LogP contribution in [0.15, 0.2) is 24.3 Å². The monoisotopic (exact) mass is 415 g/mol. The number of unbranched alkanes of at least 4 members (excludes halogenated alkanes) is 1. The predicted molar refractivity (Wildman–Crippen MR) is 118 cm³/mol.